The van der Waals surface area contributed by atoms with Crippen LogP contribution in [-0.4, -0.2) is 61.7 Å². The van der Waals surface area contributed by atoms with Gasteiger partial charge in [0.1, 0.15) is 12.4 Å². The second-order valence-corrected chi connectivity index (χ2v) is 8.29. The van der Waals surface area contributed by atoms with Crippen LogP contribution in [0.15, 0.2) is 24.3 Å². The molecule has 5 heteroatoms. The number of likely N-dealkylation sites (tertiary alicyclic amines) is 2. The van der Waals surface area contributed by atoms with Gasteiger partial charge < -0.3 is 19.9 Å². The largest absolute Gasteiger partial charge is 0.481 e. The highest BCUT2D eigenvalue weighted by atomic mass is 16.5. The molecule has 1 atom stereocenters. The molecule has 2 heterocycles. The summed E-state index contributed by atoms with van der Waals surface area (Å²) in [5, 5.41) is 3.10. The Bertz CT molecular complexity index is 660. The number of rotatable bonds is 7. The lowest BCUT2D eigenvalue weighted by molar-refractivity contribution is 0.140. The van der Waals surface area contributed by atoms with Gasteiger partial charge in [-0.05, 0) is 68.8 Å². The third-order valence-corrected chi connectivity index (χ3v) is 5.96. The fourth-order valence-electron chi connectivity index (χ4n) is 4.39. The Balaban J connectivity index is 1.38. The van der Waals surface area contributed by atoms with Crippen molar-refractivity contribution < 1.29 is 9.53 Å². The molecule has 3 rings (SSSR count). The van der Waals surface area contributed by atoms with Gasteiger partial charge in [0.25, 0.3) is 0 Å². The average molecular weight is 398 g/mol. The number of hydrogen-bond acceptors (Lipinski definition) is 3. The number of carbonyl (C=O) groups is 1. The van der Waals surface area contributed by atoms with Gasteiger partial charge in [-0.2, -0.15) is 0 Å². The van der Waals surface area contributed by atoms with Crippen molar-refractivity contribution in [3.8, 4) is 18.1 Å². The maximum absolute atomic E-state index is 12.6. The standard InChI is InChI=1S/C24H35N3O2/c1-2-18-29-23-11-9-21(10-12-23)13-14-25-24(28)27-17-7-8-22(20-27)19-26-15-5-3-4-6-16-26/h1,9-12,22H,3-8,13-20H2,(H,25,28). The Hall–Kier alpha value is -2.19. The van der Waals surface area contributed by atoms with Crippen molar-refractivity contribution >= 4 is 6.03 Å². The molecule has 2 saturated heterocycles. The number of benzene rings is 1. The molecule has 2 aliphatic heterocycles. The van der Waals surface area contributed by atoms with Crippen LogP contribution < -0.4 is 10.1 Å². The number of nitrogens with one attached hydrogen (secondary N) is 1. The maximum Gasteiger partial charge on any atom is 0.317 e. The monoisotopic (exact) mass is 397 g/mol. The first kappa shape index (κ1) is 21.5. The van der Waals surface area contributed by atoms with Gasteiger partial charge in [-0.15, -0.1) is 6.42 Å². The van der Waals surface area contributed by atoms with E-state index < -0.39 is 0 Å². The highest BCUT2D eigenvalue weighted by Gasteiger charge is 2.25. The van der Waals surface area contributed by atoms with E-state index in [9.17, 15) is 4.79 Å². The predicted octanol–water partition coefficient (Wildman–Crippen LogP) is 3.54. The lowest BCUT2D eigenvalue weighted by Crippen LogP contribution is -2.48. The molecule has 2 amide bonds. The lowest BCUT2D eigenvalue weighted by Gasteiger charge is -2.35. The van der Waals surface area contributed by atoms with Crippen molar-refractivity contribution in [2.45, 2.75) is 44.9 Å². The Labute approximate surface area is 175 Å². The smallest absolute Gasteiger partial charge is 0.317 e. The number of hydrogen-bond donors (Lipinski definition) is 1. The van der Waals surface area contributed by atoms with Crippen LogP contribution in [0.3, 0.4) is 0 Å². The minimum absolute atomic E-state index is 0.0829. The second kappa shape index (κ2) is 11.7. The molecule has 1 aromatic rings. The van der Waals surface area contributed by atoms with Crippen molar-refractivity contribution in [3.63, 3.8) is 0 Å². The van der Waals surface area contributed by atoms with E-state index in [1.165, 1.54) is 50.8 Å². The molecule has 158 valence electrons. The summed E-state index contributed by atoms with van der Waals surface area (Å²) in [4.78, 5) is 17.3. The fourth-order valence-corrected chi connectivity index (χ4v) is 4.39. The zero-order chi connectivity index (χ0) is 20.3. The molecule has 0 aliphatic carbocycles. The summed E-state index contributed by atoms with van der Waals surface area (Å²) in [7, 11) is 0. The Morgan fingerprint density at radius 1 is 1.10 bits per heavy atom. The van der Waals surface area contributed by atoms with Crippen LogP contribution in [-0.2, 0) is 6.42 Å². The summed E-state index contributed by atoms with van der Waals surface area (Å²) >= 11 is 0. The Kier molecular flexibility index (Phi) is 8.70. The quantitative estimate of drug-likeness (QED) is 0.716. The van der Waals surface area contributed by atoms with E-state index in [-0.39, 0.29) is 12.6 Å². The minimum atomic E-state index is 0.0829. The predicted molar refractivity (Wildman–Crippen MR) is 117 cm³/mol. The number of nitrogens with zero attached hydrogens (tertiary/aromatic N) is 2. The highest BCUT2D eigenvalue weighted by Crippen LogP contribution is 2.20. The zero-order valence-corrected chi connectivity index (χ0v) is 17.6. The van der Waals surface area contributed by atoms with Crippen LogP contribution in [0, 0.1) is 18.3 Å². The summed E-state index contributed by atoms with van der Waals surface area (Å²) in [6.07, 6.45) is 13.8. The molecule has 1 aromatic carbocycles. The number of amides is 2. The van der Waals surface area contributed by atoms with Crippen molar-refractivity contribution in [1.82, 2.24) is 15.1 Å². The van der Waals surface area contributed by atoms with E-state index >= 15 is 0 Å². The van der Waals surface area contributed by atoms with E-state index in [0.717, 1.165) is 38.2 Å². The molecule has 1 unspecified atom stereocenters. The summed E-state index contributed by atoms with van der Waals surface area (Å²) in [6.45, 7) is 6.32. The summed E-state index contributed by atoms with van der Waals surface area (Å²) < 4.78 is 5.39. The van der Waals surface area contributed by atoms with Crippen LogP contribution >= 0.6 is 0 Å². The van der Waals surface area contributed by atoms with Gasteiger partial charge >= 0.3 is 6.03 Å². The number of urea groups is 1. The normalized spacial score (nSPS) is 20.5. The molecule has 2 aliphatic rings. The van der Waals surface area contributed by atoms with E-state index in [1.807, 2.05) is 29.2 Å². The van der Waals surface area contributed by atoms with Crippen molar-refractivity contribution in [3.05, 3.63) is 29.8 Å². The van der Waals surface area contributed by atoms with Gasteiger partial charge in [0.05, 0.1) is 0 Å². The van der Waals surface area contributed by atoms with Crippen LogP contribution in [0.2, 0.25) is 0 Å². The molecule has 29 heavy (non-hydrogen) atoms. The zero-order valence-electron chi connectivity index (χ0n) is 17.6. The number of terminal acetylenes is 1. The third kappa shape index (κ3) is 7.29. The number of carbonyl (C=O) groups excluding carboxylic acids is 1. The molecule has 1 N–H and O–H groups in total. The van der Waals surface area contributed by atoms with E-state index in [0.29, 0.717) is 12.5 Å². The molecule has 5 nitrogen and oxygen atoms in total. The third-order valence-electron chi connectivity index (χ3n) is 5.96. The molecular formula is C24H35N3O2. The van der Waals surface area contributed by atoms with Crippen molar-refractivity contribution in [2.75, 3.05) is 45.9 Å². The van der Waals surface area contributed by atoms with Gasteiger partial charge in [0, 0.05) is 26.2 Å². The van der Waals surface area contributed by atoms with Crippen LogP contribution in [0.1, 0.15) is 44.1 Å². The van der Waals surface area contributed by atoms with Gasteiger partial charge in [-0.1, -0.05) is 30.9 Å². The van der Waals surface area contributed by atoms with Gasteiger partial charge in [0.15, 0.2) is 0 Å². The number of piperidine rings is 1. The molecule has 2 fully saturated rings. The van der Waals surface area contributed by atoms with E-state index in [4.69, 9.17) is 11.2 Å². The first-order valence-corrected chi connectivity index (χ1v) is 11.1. The van der Waals surface area contributed by atoms with Crippen molar-refractivity contribution in [2.24, 2.45) is 5.92 Å². The first-order valence-electron chi connectivity index (χ1n) is 11.1. The molecule has 0 radical (unpaired) electrons. The van der Waals surface area contributed by atoms with Crippen LogP contribution in [0.5, 0.6) is 5.75 Å². The first-order chi connectivity index (χ1) is 14.2. The molecular weight excluding hydrogens is 362 g/mol. The Morgan fingerprint density at radius 2 is 1.86 bits per heavy atom. The molecule has 0 aromatic heterocycles. The lowest BCUT2D eigenvalue weighted by atomic mass is 9.97. The average Bonchev–Trinajstić information content (AvgIpc) is 3.02. The summed E-state index contributed by atoms with van der Waals surface area (Å²) in [5.41, 5.74) is 1.18. The molecule has 0 spiro atoms. The van der Waals surface area contributed by atoms with Gasteiger partial charge in [-0.25, -0.2) is 4.79 Å². The second-order valence-electron chi connectivity index (χ2n) is 8.29. The van der Waals surface area contributed by atoms with E-state index in [1.54, 1.807) is 0 Å². The topological polar surface area (TPSA) is 44.8 Å². The van der Waals surface area contributed by atoms with Gasteiger partial charge in [0.2, 0.25) is 0 Å². The highest BCUT2D eigenvalue weighted by molar-refractivity contribution is 5.74. The summed E-state index contributed by atoms with van der Waals surface area (Å²) in [6, 6.07) is 7.98. The molecule has 0 saturated carbocycles. The van der Waals surface area contributed by atoms with Crippen LogP contribution in [0.25, 0.3) is 0 Å². The SMILES string of the molecule is C#CCOc1ccc(CCNC(=O)N2CCCC(CN3CCCCCC3)C2)cc1. The molecule has 0 bridgehead atoms. The fraction of sp³-hybridized carbons (Fsp3) is 0.625. The van der Waals surface area contributed by atoms with Crippen LogP contribution in [0.4, 0.5) is 4.79 Å². The maximum atomic E-state index is 12.6. The Morgan fingerprint density at radius 3 is 2.59 bits per heavy atom. The summed E-state index contributed by atoms with van der Waals surface area (Å²) in [5.74, 6) is 3.85. The van der Waals surface area contributed by atoms with Crippen molar-refractivity contribution in [1.29, 1.82) is 0 Å². The minimum Gasteiger partial charge on any atom is -0.481 e. The van der Waals surface area contributed by atoms with Gasteiger partial charge in [-0.3, -0.25) is 0 Å². The van der Waals surface area contributed by atoms with E-state index in [2.05, 4.69) is 16.1 Å². The number of ether oxygens (including phenoxy) is 1.